The van der Waals surface area contributed by atoms with Crippen LogP contribution >= 0.6 is 0 Å². The number of hydrogen-bond donors (Lipinski definition) is 0. The van der Waals surface area contributed by atoms with E-state index in [1.165, 1.54) is 17.7 Å². The number of benzene rings is 5. The number of hydrogen-bond acceptors (Lipinski definition) is 2. The first kappa shape index (κ1) is 30.4. The molecule has 1 atom stereocenters. The van der Waals surface area contributed by atoms with E-state index in [4.69, 9.17) is 0 Å². The number of para-hydroxylation sites is 1. The predicted octanol–water partition coefficient (Wildman–Crippen LogP) is 10.3. The third kappa shape index (κ3) is 5.45. The van der Waals surface area contributed by atoms with Crippen LogP contribution < -0.4 is 0 Å². The number of fused-ring (bicyclic) bond motifs is 5. The van der Waals surface area contributed by atoms with Crippen molar-refractivity contribution in [3.8, 4) is 33.6 Å². The minimum Gasteiger partial charge on any atom is -0.304 e. The van der Waals surface area contributed by atoms with Gasteiger partial charge in [-0.05, 0) is 46.1 Å². The van der Waals surface area contributed by atoms with Gasteiger partial charge in [0.15, 0.2) is 0 Å². The standard InChI is InChI=1S/C24H15F3N.C15H10N.Ir/c1-23(24(25,26)27)19-8-4-3-7-17(19)18-12-10-16(14-20(18)23)22-13-11-15-6-2-5-9-21(15)28-22;1-2-6-12(7-3-1)15-10-13-8-4-5-9-14(13)11-16-15;/h2-9,11-14H,1H3;1-6,8-11H;/q2*-1;. The van der Waals surface area contributed by atoms with E-state index in [1.807, 2.05) is 79.0 Å². The maximum atomic E-state index is 14.2. The fourth-order valence-electron chi connectivity index (χ4n) is 5.88. The fraction of sp³-hybridized carbons (Fsp3) is 0.0769. The molecule has 0 aliphatic heterocycles. The maximum absolute atomic E-state index is 14.2. The van der Waals surface area contributed by atoms with Gasteiger partial charge in [0, 0.05) is 26.3 Å². The number of halogens is 3. The van der Waals surface area contributed by atoms with Crippen molar-refractivity contribution in [2.24, 2.45) is 0 Å². The second kappa shape index (κ2) is 12.0. The van der Waals surface area contributed by atoms with Crippen LogP contribution in [-0.2, 0) is 25.5 Å². The quantitative estimate of drug-likeness (QED) is 0.164. The molecule has 45 heavy (non-hydrogen) atoms. The molecule has 2 aromatic heterocycles. The molecule has 223 valence electrons. The van der Waals surface area contributed by atoms with Gasteiger partial charge in [-0.3, -0.25) is 4.98 Å². The van der Waals surface area contributed by atoms with Crippen molar-refractivity contribution < 1.29 is 33.3 Å². The molecule has 7 aromatic rings. The smallest absolute Gasteiger partial charge is 0.304 e. The third-order valence-electron chi connectivity index (χ3n) is 8.30. The molecule has 5 aromatic carbocycles. The topological polar surface area (TPSA) is 25.8 Å². The Morgan fingerprint density at radius 1 is 0.622 bits per heavy atom. The van der Waals surface area contributed by atoms with E-state index in [0.717, 1.165) is 22.2 Å². The van der Waals surface area contributed by atoms with Gasteiger partial charge in [0.1, 0.15) is 0 Å². The van der Waals surface area contributed by atoms with E-state index in [-0.39, 0.29) is 31.2 Å². The average molecular weight is 771 g/mol. The van der Waals surface area contributed by atoms with Gasteiger partial charge in [0.2, 0.25) is 0 Å². The molecule has 0 amide bonds. The summed E-state index contributed by atoms with van der Waals surface area (Å²) in [5.41, 5.74) is 3.67. The largest absolute Gasteiger partial charge is 0.400 e. The molecule has 1 aliphatic carbocycles. The zero-order valence-electron chi connectivity index (χ0n) is 24.1. The molecule has 0 spiro atoms. The number of alkyl halides is 3. The molecule has 2 heterocycles. The van der Waals surface area contributed by atoms with Crippen molar-refractivity contribution in [2.45, 2.75) is 18.5 Å². The summed E-state index contributed by atoms with van der Waals surface area (Å²) in [6, 6.07) is 46.0. The molecule has 0 saturated carbocycles. The van der Waals surface area contributed by atoms with Gasteiger partial charge in [0.25, 0.3) is 0 Å². The summed E-state index contributed by atoms with van der Waals surface area (Å²) in [5, 5.41) is 3.37. The average Bonchev–Trinajstić information content (AvgIpc) is 3.34. The first-order chi connectivity index (χ1) is 21.3. The fourth-order valence-corrected chi connectivity index (χ4v) is 5.88. The molecule has 1 aliphatic rings. The van der Waals surface area contributed by atoms with Gasteiger partial charge in [-0.25, -0.2) is 0 Å². The van der Waals surface area contributed by atoms with Crippen molar-refractivity contribution in [1.29, 1.82) is 0 Å². The molecule has 2 nitrogen and oxygen atoms in total. The summed E-state index contributed by atoms with van der Waals surface area (Å²) in [5.74, 6) is 0. The van der Waals surface area contributed by atoms with E-state index in [0.29, 0.717) is 22.4 Å². The zero-order valence-corrected chi connectivity index (χ0v) is 26.5. The van der Waals surface area contributed by atoms with Gasteiger partial charge in [0.05, 0.1) is 10.9 Å². The minimum atomic E-state index is -4.41. The first-order valence-corrected chi connectivity index (χ1v) is 14.2. The van der Waals surface area contributed by atoms with Crippen molar-refractivity contribution in [3.05, 3.63) is 157 Å². The van der Waals surface area contributed by atoms with E-state index >= 15 is 0 Å². The summed E-state index contributed by atoms with van der Waals surface area (Å²) in [6.45, 7) is 1.26. The number of pyridine rings is 2. The van der Waals surface area contributed by atoms with E-state index < -0.39 is 11.6 Å². The number of aromatic nitrogens is 2. The Kier molecular flexibility index (Phi) is 8.13. The molecule has 6 heteroatoms. The Bertz CT molecular complexity index is 2140. The van der Waals surface area contributed by atoms with Crippen LogP contribution in [-0.4, -0.2) is 16.1 Å². The Balaban J connectivity index is 0.000000179. The molecular formula is C39H25F3IrN2-2. The van der Waals surface area contributed by atoms with Gasteiger partial charge in [-0.1, -0.05) is 96.1 Å². The summed E-state index contributed by atoms with van der Waals surface area (Å²) in [7, 11) is 0. The normalized spacial score (nSPS) is 15.0. The summed E-state index contributed by atoms with van der Waals surface area (Å²) >= 11 is 0. The third-order valence-corrected chi connectivity index (χ3v) is 8.30. The maximum Gasteiger partial charge on any atom is 0.400 e. The van der Waals surface area contributed by atoms with Crippen LogP contribution in [0, 0.1) is 12.1 Å². The molecule has 1 unspecified atom stereocenters. The SMILES string of the molecule is CC1(C(F)(F)F)c2ccccc2-c2c[c-]c(-c3ccc4ccccc4n3)cc21.[Ir].[c-]1ccccc1-c1cc2ccccc2cn1. The van der Waals surface area contributed by atoms with Crippen molar-refractivity contribution in [2.75, 3.05) is 0 Å². The second-order valence-corrected chi connectivity index (χ2v) is 10.9. The number of nitrogens with zero attached hydrogens (tertiary/aromatic N) is 2. The Morgan fingerprint density at radius 3 is 2.11 bits per heavy atom. The van der Waals surface area contributed by atoms with E-state index in [9.17, 15) is 13.2 Å². The number of rotatable bonds is 2. The summed E-state index contributed by atoms with van der Waals surface area (Å²) in [6.07, 6.45) is -2.50. The van der Waals surface area contributed by atoms with Crippen molar-refractivity contribution >= 4 is 21.7 Å². The predicted molar refractivity (Wildman–Crippen MR) is 170 cm³/mol. The van der Waals surface area contributed by atoms with Crippen LogP contribution in [0.3, 0.4) is 0 Å². The zero-order chi connectivity index (χ0) is 30.3. The van der Waals surface area contributed by atoms with Crippen molar-refractivity contribution in [1.82, 2.24) is 9.97 Å². The van der Waals surface area contributed by atoms with Crippen LogP contribution in [0.25, 0.3) is 55.3 Å². The molecule has 8 rings (SSSR count). The second-order valence-electron chi connectivity index (χ2n) is 10.9. The monoisotopic (exact) mass is 771 g/mol. The summed E-state index contributed by atoms with van der Waals surface area (Å²) < 4.78 is 42.7. The summed E-state index contributed by atoms with van der Waals surface area (Å²) in [4.78, 5) is 9.06. The van der Waals surface area contributed by atoms with Gasteiger partial charge < -0.3 is 4.98 Å². The van der Waals surface area contributed by atoms with Crippen LogP contribution in [0.4, 0.5) is 13.2 Å². The molecular weight excluding hydrogens is 746 g/mol. The van der Waals surface area contributed by atoms with Gasteiger partial charge in [-0.2, -0.15) is 13.2 Å². The molecule has 0 bridgehead atoms. The van der Waals surface area contributed by atoms with Crippen LogP contribution in [0.5, 0.6) is 0 Å². The van der Waals surface area contributed by atoms with Gasteiger partial charge >= 0.3 is 6.18 Å². The van der Waals surface area contributed by atoms with Gasteiger partial charge in [-0.15, -0.1) is 65.2 Å². The minimum absolute atomic E-state index is 0. The van der Waals surface area contributed by atoms with E-state index in [2.05, 4.69) is 40.3 Å². The Morgan fingerprint density at radius 2 is 1.33 bits per heavy atom. The molecule has 0 N–H and O–H groups in total. The molecule has 0 saturated heterocycles. The van der Waals surface area contributed by atoms with Crippen molar-refractivity contribution in [3.63, 3.8) is 0 Å². The Labute approximate surface area is 273 Å². The van der Waals surface area contributed by atoms with Crippen LogP contribution in [0.15, 0.2) is 134 Å². The van der Waals surface area contributed by atoms with E-state index in [1.54, 1.807) is 36.4 Å². The molecule has 0 fully saturated rings. The Hall–Kier alpha value is -4.64. The molecule has 1 radical (unpaired) electrons. The first-order valence-electron chi connectivity index (χ1n) is 14.2. The van der Waals surface area contributed by atoms with Crippen LogP contribution in [0.2, 0.25) is 0 Å². The van der Waals surface area contributed by atoms with Crippen LogP contribution in [0.1, 0.15) is 18.1 Å².